The molecule has 21 heavy (non-hydrogen) atoms. The van der Waals surface area contributed by atoms with E-state index in [-0.39, 0.29) is 17.9 Å². The molecule has 0 bridgehead atoms. The van der Waals surface area contributed by atoms with Crippen LogP contribution >= 0.6 is 15.9 Å². The Morgan fingerprint density at radius 1 is 1.43 bits per heavy atom. The quantitative estimate of drug-likeness (QED) is 0.854. The largest absolute Gasteiger partial charge is 0.345 e. The first-order valence-corrected chi connectivity index (χ1v) is 7.30. The van der Waals surface area contributed by atoms with Crippen molar-refractivity contribution < 1.29 is 4.79 Å². The van der Waals surface area contributed by atoms with Crippen molar-refractivity contribution in [1.29, 1.82) is 5.26 Å². The van der Waals surface area contributed by atoms with Crippen LogP contribution in [0.1, 0.15) is 10.5 Å². The van der Waals surface area contributed by atoms with Crippen molar-refractivity contribution in [2.45, 2.75) is 6.04 Å². The Kier molecular flexibility index (Phi) is 3.82. The Labute approximate surface area is 129 Å². The van der Waals surface area contributed by atoms with Crippen LogP contribution in [0.25, 0.3) is 10.9 Å². The summed E-state index contributed by atoms with van der Waals surface area (Å²) in [5.74, 6) is -0.472. The van der Waals surface area contributed by atoms with E-state index in [0.717, 1.165) is 9.86 Å². The summed E-state index contributed by atoms with van der Waals surface area (Å²) in [5, 5.41) is 15.8. The number of rotatable bonds is 2. The fraction of sp³-hybridized carbons (Fsp3) is 0.286. The zero-order valence-corrected chi connectivity index (χ0v) is 12.6. The zero-order valence-electron chi connectivity index (χ0n) is 11.0. The van der Waals surface area contributed by atoms with E-state index in [4.69, 9.17) is 5.26 Å². The fourth-order valence-corrected chi connectivity index (χ4v) is 2.78. The second-order valence-corrected chi connectivity index (χ2v) is 5.72. The van der Waals surface area contributed by atoms with Gasteiger partial charge in [-0.15, -0.1) is 0 Å². The first kappa shape index (κ1) is 13.9. The standard InChI is InChI=1S/C14H12BrN5O/c15-10-6-17-4-8-1-2-11(19-13(8)10)14(21)20-12-7-18-5-9(12)3-16/h1-2,4,6,9,12,18H,5,7H2,(H,20,21). The summed E-state index contributed by atoms with van der Waals surface area (Å²) in [6.45, 7) is 1.20. The Hall–Kier alpha value is -2.04. The number of carbonyl (C=O) groups excluding carboxylic acids is 1. The first-order valence-electron chi connectivity index (χ1n) is 6.50. The van der Waals surface area contributed by atoms with Crippen LogP contribution in [-0.2, 0) is 0 Å². The number of pyridine rings is 2. The maximum Gasteiger partial charge on any atom is 0.270 e. The molecule has 0 radical (unpaired) electrons. The van der Waals surface area contributed by atoms with Crippen LogP contribution in [-0.4, -0.2) is 35.0 Å². The van der Waals surface area contributed by atoms with Gasteiger partial charge in [0.2, 0.25) is 0 Å². The van der Waals surface area contributed by atoms with Gasteiger partial charge in [-0.3, -0.25) is 9.78 Å². The van der Waals surface area contributed by atoms with Gasteiger partial charge in [-0.05, 0) is 28.1 Å². The molecule has 1 aliphatic rings. The number of nitrogens with one attached hydrogen (secondary N) is 2. The summed E-state index contributed by atoms with van der Waals surface area (Å²) >= 11 is 3.38. The molecule has 106 valence electrons. The van der Waals surface area contributed by atoms with Gasteiger partial charge in [0.15, 0.2) is 0 Å². The molecule has 7 heteroatoms. The van der Waals surface area contributed by atoms with Crippen molar-refractivity contribution in [1.82, 2.24) is 20.6 Å². The van der Waals surface area contributed by atoms with Gasteiger partial charge in [0.25, 0.3) is 5.91 Å². The third-order valence-corrected chi connectivity index (χ3v) is 4.06. The van der Waals surface area contributed by atoms with Crippen LogP contribution in [0.4, 0.5) is 0 Å². The lowest BCUT2D eigenvalue weighted by molar-refractivity contribution is 0.0931. The lowest BCUT2D eigenvalue weighted by atomic mass is 10.1. The molecule has 0 aromatic carbocycles. The second-order valence-electron chi connectivity index (χ2n) is 4.86. The fourth-order valence-electron chi connectivity index (χ4n) is 2.34. The van der Waals surface area contributed by atoms with Crippen molar-refractivity contribution in [3.8, 4) is 6.07 Å². The van der Waals surface area contributed by atoms with Gasteiger partial charge < -0.3 is 10.6 Å². The summed E-state index contributed by atoms with van der Waals surface area (Å²) < 4.78 is 0.743. The van der Waals surface area contributed by atoms with Crippen molar-refractivity contribution in [3.05, 3.63) is 34.7 Å². The Morgan fingerprint density at radius 2 is 2.29 bits per heavy atom. The maximum absolute atomic E-state index is 12.3. The monoisotopic (exact) mass is 345 g/mol. The summed E-state index contributed by atoms with van der Waals surface area (Å²) in [6, 6.07) is 5.49. The Morgan fingerprint density at radius 3 is 3.10 bits per heavy atom. The highest BCUT2D eigenvalue weighted by molar-refractivity contribution is 9.10. The van der Waals surface area contributed by atoms with E-state index in [2.05, 4.69) is 42.6 Å². The van der Waals surface area contributed by atoms with E-state index < -0.39 is 0 Å². The van der Waals surface area contributed by atoms with E-state index in [1.807, 2.05) is 6.07 Å². The number of aromatic nitrogens is 2. The summed E-state index contributed by atoms with van der Waals surface area (Å²) in [4.78, 5) is 20.7. The van der Waals surface area contributed by atoms with Crippen LogP contribution < -0.4 is 10.6 Å². The molecule has 2 aromatic heterocycles. The van der Waals surface area contributed by atoms with Gasteiger partial charge in [0.1, 0.15) is 5.69 Å². The van der Waals surface area contributed by atoms with Crippen LogP contribution in [0.5, 0.6) is 0 Å². The minimum Gasteiger partial charge on any atom is -0.345 e. The molecule has 1 fully saturated rings. The van der Waals surface area contributed by atoms with E-state index in [9.17, 15) is 4.79 Å². The van der Waals surface area contributed by atoms with E-state index in [1.54, 1.807) is 18.5 Å². The van der Waals surface area contributed by atoms with Crippen molar-refractivity contribution in [3.63, 3.8) is 0 Å². The first-order chi connectivity index (χ1) is 10.2. The summed E-state index contributed by atoms with van der Waals surface area (Å²) in [6.07, 6.45) is 3.34. The molecule has 3 heterocycles. The second kappa shape index (κ2) is 5.76. The minimum absolute atomic E-state index is 0.180. The van der Waals surface area contributed by atoms with Crippen molar-refractivity contribution in [2.24, 2.45) is 5.92 Å². The van der Waals surface area contributed by atoms with E-state index in [1.165, 1.54) is 0 Å². The molecule has 2 unspecified atom stereocenters. The van der Waals surface area contributed by atoms with Gasteiger partial charge >= 0.3 is 0 Å². The average molecular weight is 346 g/mol. The number of hydrogen-bond acceptors (Lipinski definition) is 5. The number of fused-ring (bicyclic) bond motifs is 1. The highest BCUT2D eigenvalue weighted by Crippen LogP contribution is 2.20. The van der Waals surface area contributed by atoms with Crippen molar-refractivity contribution >= 4 is 32.7 Å². The predicted molar refractivity (Wildman–Crippen MR) is 80.5 cm³/mol. The number of nitrogens with zero attached hydrogens (tertiary/aromatic N) is 3. The SMILES string of the molecule is N#CC1CNCC1NC(=O)c1ccc2cncc(Br)c2n1. The summed E-state index contributed by atoms with van der Waals surface area (Å²) in [7, 11) is 0. The molecule has 1 aliphatic heterocycles. The highest BCUT2D eigenvalue weighted by Gasteiger charge is 2.28. The Bertz CT molecular complexity index is 742. The molecule has 2 atom stereocenters. The van der Waals surface area contributed by atoms with E-state index >= 15 is 0 Å². The molecular formula is C14H12BrN5O. The summed E-state index contributed by atoms with van der Waals surface area (Å²) in [5.41, 5.74) is 1.03. The zero-order chi connectivity index (χ0) is 14.8. The Balaban J connectivity index is 1.85. The maximum atomic E-state index is 12.3. The molecule has 0 aliphatic carbocycles. The van der Waals surface area contributed by atoms with Gasteiger partial charge in [-0.1, -0.05) is 0 Å². The number of hydrogen-bond donors (Lipinski definition) is 2. The van der Waals surface area contributed by atoms with Gasteiger partial charge in [-0.25, -0.2) is 4.98 Å². The topological polar surface area (TPSA) is 90.7 Å². The van der Waals surface area contributed by atoms with Crippen LogP contribution in [0, 0.1) is 17.2 Å². The molecule has 1 amide bonds. The number of nitriles is 1. The minimum atomic E-state index is -0.269. The van der Waals surface area contributed by atoms with Crippen LogP contribution in [0.15, 0.2) is 29.0 Å². The molecule has 3 rings (SSSR count). The molecular weight excluding hydrogens is 334 g/mol. The number of carbonyl (C=O) groups is 1. The van der Waals surface area contributed by atoms with Gasteiger partial charge in [-0.2, -0.15) is 5.26 Å². The predicted octanol–water partition coefficient (Wildman–Crippen LogP) is 1.23. The smallest absolute Gasteiger partial charge is 0.270 e. The molecule has 0 saturated carbocycles. The number of halogens is 1. The molecule has 6 nitrogen and oxygen atoms in total. The van der Waals surface area contributed by atoms with Gasteiger partial charge in [0, 0.05) is 30.9 Å². The molecule has 0 spiro atoms. The highest BCUT2D eigenvalue weighted by atomic mass is 79.9. The van der Waals surface area contributed by atoms with Crippen LogP contribution in [0.2, 0.25) is 0 Å². The van der Waals surface area contributed by atoms with Gasteiger partial charge in [0.05, 0.1) is 28.0 Å². The van der Waals surface area contributed by atoms with Crippen molar-refractivity contribution in [2.75, 3.05) is 13.1 Å². The molecule has 2 N–H and O–H groups in total. The molecule has 1 saturated heterocycles. The lowest BCUT2D eigenvalue weighted by Crippen LogP contribution is -2.40. The number of amides is 1. The normalized spacial score (nSPS) is 21.1. The van der Waals surface area contributed by atoms with E-state index in [0.29, 0.717) is 24.3 Å². The lowest BCUT2D eigenvalue weighted by Gasteiger charge is -2.14. The molecule has 2 aromatic rings. The van der Waals surface area contributed by atoms with Crippen LogP contribution in [0.3, 0.4) is 0 Å². The third kappa shape index (κ3) is 2.73. The average Bonchev–Trinajstić information content (AvgIpc) is 2.94. The third-order valence-electron chi connectivity index (χ3n) is 3.48.